The fourth-order valence-corrected chi connectivity index (χ4v) is 4.08. The molecule has 0 N–H and O–H groups in total. The Labute approximate surface area is 158 Å². The maximum atomic E-state index is 12.6. The quantitative estimate of drug-likeness (QED) is 0.577. The zero-order valence-corrected chi connectivity index (χ0v) is 16.2. The Morgan fingerprint density at radius 3 is 2.89 bits per heavy atom. The third-order valence-electron chi connectivity index (χ3n) is 4.08. The van der Waals surface area contributed by atoms with Crippen molar-refractivity contribution < 1.29 is 23.1 Å². The van der Waals surface area contributed by atoms with Crippen LogP contribution in [0.5, 0.6) is 0 Å². The molecule has 2 aromatic rings. The van der Waals surface area contributed by atoms with Gasteiger partial charge in [0.2, 0.25) is 0 Å². The lowest BCUT2D eigenvalue weighted by Crippen LogP contribution is -2.35. The highest BCUT2D eigenvalue weighted by atomic mass is 32.2. The SMILES string of the molecule is CC(C)(C)OC(=O)N1CCC(CS(=O)c2nc3cc([N+](=O)[O-])ccc3o2)C1. The second kappa shape index (κ2) is 7.26. The molecule has 1 aromatic carbocycles. The van der Waals surface area contributed by atoms with E-state index in [4.69, 9.17) is 9.15 Å². The van der Waals surface area contributed by atoms with Crippen molar-refractivity contribution in [3.05, 3.63) is 28.3 Å². The lowest BCUT2D eigenvalue weighted by Gasteiger charge is -2.24. The summed E-state index contributed by atoms with van der Waals surface area (Å²) in [6, 6.07) is 4.05. The molecule has 2 heterocycles. The van der Waals surface area contributed by atoms with E-state index in [9.17, 15) is 19.1 Å². The van der Waals surface area contributed by atoms with Crippen LogP contribution < -0.4 is 0 Å². The molecule has 146 valence electrons. The second-order valence-electron chi connectivity index (χ2n) is 7.48. The van der Waals surface area contributed by atoms with Crippen LogP contribution in [-0.2, 0) is 15.5 Å². The molecular weight excluding hydrogens is 374 g/mol. The van der Waals surface area contributed by atoms with Crippen molar-refractivity contribution in [3.63, 3.8) is 0 Å². The zero-order chi connectivity index (χ0) is 19.8. The lowest BCUT2D eigenvalue weighted by atomic mass is 10.2. The molecule has 1 saturated heterocycles. The van der Waals surface area contributed by atoms with Crippen LogP contribution in [0, 0.1) is 16.0 Å². The molecule has 0 aliphatic carbocycles. The Bertz CT molecular complexity index is 904. The van der Waals surface area contributed by atoms with E-state index in [1.165, 1.54) is 18.2 Å². The van der Waals surface area contributed by atoms with Gasteiger partial charge in [-0.25, -0.2) is 14.0 Å². The number of fused-ring (bicyclic) bond motifs is 1. The summed E-state index contributed by atoms with van der Waals surface area (Å²) in [6.45, 7) is 6.45. The average molecular weight is 395 g/mol. The number of nitrogens with zero attached hydrogens (tertiary/aromatic N) is 3. The summed E-state index contributed by atoms with van der Waals surface area (Å²) < 4.78 is 23.4. The van der Waals surface area contributed by atoms with Crippen LogP contribution in [0.15, 0.2) is 27.8 Å². The van der Waals surface area contributed by atoms with Gasteiger partial charge in [-0.15, -0.1) is 0 Å². The van der Waals surface area contributed by atoms with Gasteiger partial charge in [-0.2, -0.15) is 0 Å². The van der Waals surface area contributed by atoms with Gasteiger partial charge in [0.05, 0.1) is 4.92 Å². The summed E-state index contributed by atoms with van der Waals surface area (Å²) in [5.41, 5.74) is -0.00394. The second-order valence-corrected chi connectivity index (χ2v) is 8.86. The summed E-state index contributed by atoms with van der Waals surface area (Å²) in [5.74, 6) is 0.344. The maximum Gasteiger partial charge on any atom is 0.410 e. The third-order valence-corrected chi connectivity index (χ3v) is 5.42. The molecule has 1 amide bonds. The number of non-ortho nitro benzene ring substituents is 1. The fourth-order valence-electron chi connectivity index (χ4n) is 2.85. The highest BCUT2D eigenvalue weighted by Crippen LogP contribution is 2.25. The third kappa shape index (κ3) is 4.62. The summed E-state index contributed by atoms with van der Waals surface area (Å²) in [5, 5.41) is 10.9. The van der Waals surface area contributed by atoms with Gasteiger partial charge in [0.15, 0.2) is 5.58 Å². The van der Waals surface area contributed by atoms with Crippen LogP contribution in [0.3, 0.4) is 0 Å². The van der Waals surface area contributed by atoms with Crippen molar-refractivity contribution in [2.24, 2.45) is 5.92 Å². The van der Waals surface area contributed by atoms with E-state index < -0.39 is 21.3 Å². The molecule has 9 nitrogen and oxygen atoms in total. The number of ether oxygens (including phenoxy) is 1. The van der Waals surface area contributed by atoms with E-state index >= 15 is 0 Å². The minimum absolute atomic E-state index is 0.0428. The number of hydrogen-bond acceptors (Lipinski definition) is 7. The number of carbonyl (C=O) groups excluding carboxylic acids is 1. The number of oxazole rings is 1. The first-order valence-electron chi connectivity index (χ1n) is 8.53. The molecule has 0 bridgehead atoms. The molecule has 1 aliphatic heterocycles. The van der Waals surface area contributed by atoms with Gasteiger partial charge in [0, 0.05) is 31.0 Å². The molecule has 1 aromatic heterocycles. The number of carbonyl (C=O) groups is 1. The van der Waals surface area contributed by atoms with Crippen LogP contribution in [0.2, 0.25) is 0 Å². The van der Waals surface area contributed by atoms with Crippen molar-refractivity contribution in [2.75, 3.05) is 18.8 Å². The largest absolute Gasteiger partial charge is 0.444 e. The molecular formula is C17H21N3O6S. The van der Waals surface area contributed by atoms with Crippen LogP contribution in [0.25, 0.3) is 11.1 Å². The van der Waals surface area contributed by atoms with Gasteiger partial charge in [-0.05, 0) is 39.2 Å². The topological polar surface area (TPSA) is 116 Å². The van der Waals surface area contributed by atoms with Crippen molar-refractivity contribution in [2.45, 2.75) is 38.0 Å². The van der Waals surface area contributed by atoms with E-state index in [0.717, 1.165) is 6.42 Å². The van der Waals surface area contributed by atoms with E-state index in [-0.39, 0.29) is 22.9 Å². The predicted octanol–water partition coefficient (Wildman–Crippen LogP) is 3.10. The van der Waals surface area contributed by atoms with Gasteiger partial charge < -0.3 is 14.1 Å². The van der Waals surface area contributed by atoms with Crippen LogP contribution in [0.4, 0.5) is 10.5 Å². The molecule has 1 fully saturated rings. The summed E-state index contributed by atoms with van der Waals surface area (Å²) in [7, 11) is -1.50. The van der Waals surface area contributed by atoms with E-state index in [1.807, 2.05) is 20.8 Å². The monoisotopic (exact) mass is 395 g/mol. The Balaban J connectivity index is 1.63. The lowest BCUT2D eigenvalue weighted by molar-refractivity contribution is -0.384. The number of rotatable bonds is 4. The zero-order valence-electron chi connectivity index (χ0n) is 15.3. The molecule has 2 atom stereocenters. The van der Waals surface area contributed by atoms with Gasteiger partial charge in [0.1, 0.15) is 21.9 Å². The Kier molecular flexibility index (Phi) is 5.18. The molecule has 2 unspecified atom stereocenters. The van der Waals surface area contributed by atoms with Crippen molar-refractivity contribution in [3.8, 4) is 0 Å². The highest BCUT2D eigenvalue weighted by Gasteiger charge is 2.31. The van der Waals surface area contributed by atoms with Crippen molar-refractivity contribution in [1.29, 1.82) is 0 Å². The minimum atomic E-state index is -1.50. The normalized spacial score (nSPS) is 18.6. The van der Waals surface area contributed by atoms with E-state index in [2.05, 4.69) is 4.98 Å². The summed E-state index contributed by atoms with van der Waals surface area (Å²) in [4.78, 5) is 28.2. The fraction of sp³-hybridized carbons (Fsp3) is 0.529. The van der Waals surface area contributed by atoms with Gasteiger partial charge in [-0.1, -0.05) is 0 Å². The number of hydrogen-bond donors (Lipinski definition) is 0. The molecule has 0 radical (unpaired) electrons. The number of nitro groups is 1. The molecule has 10 heteroatoms. The molecule has 1 aliphatic rings. The minimum Gasteiger partial charge on any atom is -0.444 e. The Morgan fingerprint density at radius 2 is 2.22 bits per heavy atom. The first kappa shape index (κ1) is 19.3. The number of aromatic nitrogens is 1. The Hall–Kier alpha value is -2.49. The maximum absolute atomic E-state index is 12.6. The van der Waals surface area contributed by atoms with Crippen LogP contribution >= 0.6 is 0 Å². The van der Waals surface area contributed by atoms with Crippen molar-refractivity contribution in [1.82, 2.24) is 9.88 Å². The smallest absolute Gasteiger partial charge is 0.410 e. The number of likely N-dealkylation sites (tertiary alicyclic amines) is 1. The average Bonchev–Trinajstić information content (AvgIpc) is 3.18. The van der Waals surface area contributed by atoms with Gasteiger partial charge >= 0.3 is 6.09 Å². The molecule has 0 saturated carbocycles. The predicted molar refractivity (Wildman–Crippen MR) is 97.9 cm³/mol. The Morgan fingerprint density at radius 1 is 1.48 bits per heavy atom. The van der Waals surface area contributed by atoms with Gasteiger partial charge in [0.25, 0.3) is 10.9 Å². The number of nitro benzene ring substituents is 1. The van der Waals surface area contributed by atoms with Crippen LogP contribution in [0.1, 0.15) is 27.2 Å². The van der Waals surface area contributed by atoms with Gasteiger partial charge in [-0.3, -0.25) is 10.1 Å². The summed E-state index contributed by atoms with van der Waals surface area (Å²) >= 11 is 0. The van der Waals surface area contributed by atoms with E-state index in [0.29, 0.717) is 29.9 Å². The first-order valence-corrected chi connectivity index (χ1v) is 9.85. The molecule has 3 rings (SSSR count). The highest BCUT2D eigenvalue weighted by molar-refractivity contribution is 7.84. The summed E-state index contributed by atoms with van der Waals surface area (Å²) in [6.07, 6.45) is 0.349. The van der Waals surface area contributed by atoms with Crippen LogP contribution in [-0.4, -0.2) is 49.6 Å². The van der Waals surface area contributed by atoms with Crippen molar-refractivity contribution >= 4 is 33.7 Å². The number of amides is 1. The molecule has 0 spiro atoms. The standard InChI is InChI=1S/C17H21N3O6S/c1-17(2,3)26-16(21)19-7-6-11(9-19)10-27(24)15-18-13-8-12(20(22)23)4-5-14(13)25-15/h4-5,8,11H,6-7,9-10H2,1-3H3. The van der Waals surface area contributed by atoms with E-state index in [1.54, 1.807) is 4.90 Å². The molecule has 27 heavy (non-hydrogen) atoms. The first-order chi connectivity index (χ1) is 12.6. The number of benzene rings is 1.